The van der Waals surface area contributed by atoms with Crippen molar-refractivity contribution in [2.24, 2.45) is 0 Å². The van der Waals surface area contributed by atoms with Crippen LogP contribution in [0.5, 0.6) is 0 Å². The van der Waals surface area contributed by atoms with Gasteiger partial charge in [-0.3, -0.25) is 0 Å². The zero-order valence-corrected chi connectivity index (χ0v) is 7.35. The quantitative estimate of drug-likeness (QED) is 0.579. The molecule has 0 aromatic carbocycles. The fourth-order valence-corrected chi connectivity index (χ4v) is 0.911. The van der Waals surface area contributed by atoms with Crippen LogP contribution >= 0.6 is 0 Å². The molecule has 0 rings (SSSR count). The van der Waals surface area contributed by atoms with Crippen LogP contribution in [0.25, 0.3) is 0 Å². The highest BCUT2D eigenvalue weighted by molar-refractivity contribution is 4.91. The molecule has 1 atom stereocenters. The third-order valence-corrected chi connectivity index (χ3v) is 1.51. The van der Waals surface area contributed by atoms with Gasteiger partial charge < -0.3 is 5.32 Å². The number of nitrogens with one attached hydrogen (secondary N) is 1. The van der Waals surface area contributed by atoms with E-state index in [2.05, 4.69) is 38.2 Å². The first kappa shape index (κ1) is 9.70. The van der Waals surface area contributed by atoms with Gasteiger partial charge in [0.25, 0.3) is 0 Å². The van der Waals surface area contributed by atoms with Crippen LogP contribution in [0.1, 0.15) is 33.6 Å². The van der Waals surface area contributed by atoms with E-state index in [1.807, 2.05) is 0 Å². The molecule has 0 aliphatic carbocycles. The summed E-state index contributed by atoms with van der Waals surface area (Å²) < 4.78 is 0. The maximum Gasteiger partial charge on any atom is 0.0247 e. The van der Waals surface area contributed by atoms with Gasteiger partial charge in [-0.15, -0.1) is 0 Å². The van der Waals surface area contributed by atoms with Gasteiger partial charge in [0.1, 0.15) is 0 Å². The molecule has 1 unspecified atom stereocenters. The Morgan fingerprint density at radius 2 is 2.00 bits per heavy atom. The van der Waals surface area contributed by atoms with Crippen molar-refractivity contribution in [3.8, 4) is 0 Å². The monoisotopic (exact) mass is 141 g/mol. The Kier molecular flexibility index (Phi) is 6.61. The molecule has 0 amide bonds. The lowest BCUT2D eigenvalue weighted by atomic mass is 10.2. The standard InChI is InChI=1S/C9H19N/c1-4-7-8-9(5-2)10-6-3/h7-10H,4-6H2,1-3H3. The fourth-order valence-electron chi connectivity index (χ4n) is 0.911. The molecule has 0 heterocycles. The number of hydrogen-bond donors (Lipinski definition) is 1. The van der Waals surface area contributed by atoms with Crippen molar-refractivity contribution in [1.82, 2.24) is 5.32 Å². The Bertz CT molecular complexity index is 86.7. The van der Waals surface area contributed by atoms with Gasteiger partial charge in [-0.1, -0.05) is 32.9 Å². The van der Waals surface area contributed by atoms with Crippen molar-refractivity contribution in [1.29, 1.82) is 0 Å². The summed E-state index contributed by atoms with van der Waals surface area (Å²) in [4.78, 5) is 0. The van der Waals surface area contributed by atoms with E-state index in [4.69, 9.17) is 0 Å². The lowest BCUT2D eigenvalue weighted by molar-refractivity contribution is 0.598. The molecule has 0 saturated carbocycles. The van der Waals surface area contributed by atoms with Gasteiger partial charge >= 0.3 is 0 Å². The third-order valence-electron chi connectivity index (χ3n) is 1.51. The Labute approximate surface area is 64.5 Å². The van der Waals surface area contributed by atoms with Crippen LogP contribution in [-0.2, 0) is 0 Å². The Hall–Kier alpha value is -0.300. The number of allylic oxidation sites excluding steroid dienone is 1. The van der Waals surface area contributed by atoms with Crippen molar-refractivity contribution in [3.05, 3.63) is 12.2 Å². The molecule has 0 fully saturated rings. The molecule has 1 N–H and O–H groups in total. The van der Waals surface area contributed by atoms with Crippen LogP contribution in [0.4, 0.5) is 0 Å². The molecular weight excluding hydrogens is 122 g/mol. The molecule has 1 heteroatoms. The summed E-state index contributed by atoms with van der Waals surface area (Å²) in [5.74, 6) is 0. The second-order valence-electron chi connectivity index (χ2n) is 2.41. The van der Waals surface area contributed by atoms with Gasteiger partial charge in [-0.05, 0) is 19.4 Å². The molecule has 0 aromatic rings. The zero-order valence-electron chi connectivity index (χ0n) is 7.35. The first-order valence-electron chi connectivity index (χ1n) is 4.25. The lowest BCUT2D eigenvalue weighted by Gasteiger charge is -2.09. The van der Waals surface area contributed by atoms with Crippen molar-refractivity contribution in [3.63, 3.8) is 0 Å². The minimum Gasteiger partial charge on any atom is -0.311 e. The molecule has 0 spiro atoms. The number of likely N-dealkylation sites (N-methyl/N-ethyl adjacent to an activating group) is 1. The Morgan fingerprint density at radius 1 is 1.30 bits per heavy atom. The summed E-state index contributed by atoms with van der Waals surface area (Å²) in [5, 5.41) is 3.38. The summed E-state index contributed by atoms with van der Waals surface area (Å²) in [7, 11) is 0. The van der Waals surface area contributed by atoms with Crippen molar-refractivity contribution >= 4 is 0 Å². The molecule has 10 heavy (non-hydrogen) atoms. The van der Waals surface area contributed by atoms with E-state index in [-0.39, 0.29) is 0 Å². The van der Waals surface area contributed by atoms with Crippen LogP contribution in [0.3, 0.4) is 0 Å². The minimum absolute atomic E-state index is 0.588. The molecule has 0 aromatic heterocycles. The van der Waals surface area contributed by atoms with Gasteiger partial charge in [0.2, 0.25) is 0 Å². The third kappa shape index (κ3) is 4.57. The Balaban J connectivity index is 3.48. The van der Waals surface area contributed by atoms with Crippen LogP contribution < -0.4 is 5.32 Å². The van der Waals surface area contributed by atoms with Gasteiger partial charge in [0.15, 0.2) is 0 Å². The summed E-state index contributed by atoms with van der Waals surface area (Å²) in [6.07, 6.45) is 6.80. The van der Waals surface area contributed by atoms with Crippen molar-refractivity contribution in [2.45, 2.75) is 39.7 Å². The second-order valence-corrected chi connectivity index (χ2v) is 2.41. The SMILES string of the molecule is CCC=CC(CC)NCC. The summed E-state index contributed by atoms with van der Waals surface area (Å²) in [6.45, 7) is 7.57. The largest absolute Gasteiger partial charge is 0.311 e. The number of rotatable bonds is 5. The number of hydrogen-bond acceptors (Lipinski definition) is 1. The van der Waals surface area contributed by atoms with Crippen molar-refractivity contribution in [2.75, 3.05) is 6.54 Å². The topological polar surface area (TPSA) is 12.0 Å². The molecule has 0 radical (unpaired) electrons. The molecule has 0 bridgehead atoms. The van der Waals surface area contributed by atoms with Gasteiger partial charge in [0, 0.05) is 6.04 Å². The lowest BCUT2D eigenvalue weighted by Crippen LogP contribution is -2.25. The molecule has 0 saturated heterocycles. The normalized spacial score (nSPS) is 14.3. The molecule has 60 valence electrons. The highest BCUT2D eigenvalue weighted by Crippen LogP contribution is 1.93. The minimum atomic E-state index is 0.588. The highest BCUT2D eigenvalue weighted by Gasteiger charge is 1.95. The first-order chi connectivity index (χ1) is 4.85. The van der Waals surface area contributed by atoms with Crippen LogP contribution in [-0.4, -0.2) is 12.6 Å². The fraction of sp³-hybridized carbons (Fsp3) is 0.778. The van der Waals surface area contributed by atoms with Crippen LogP contribution in [0.15, 0.2) is 12.2 Å². The van der Waals surface area contributed by atoms with E-state index >= 15 is 0 Å². The molecular formula is C9H19N. The summed E-state index contributed by atoms with van der Waals surface area (Å²) in [6, 6.07) is 0.588. The van der Waals surface area contributed by atoms with E-state index in [9.17, 15) is 0 Å². The predicted octanol–water partition coefficient (Wildman–Crippen LogP) is 2.34. The van der Waals surface area contributed by atoms with Gasteiger partial charge in [-0.25, -0.2) is 0 Å². The van der Waals surface area contributed by atoms with E-state index in [0.717, 1.165) is 13.0 Å². The highest BCUT2D eigenvalue weighted by atomic mass is 14.9. The smallest absolute Gasteiger partial charge is 0.0247 e. The predicted molar refractivity (Wildman–Crippen MR) is 47.2 cm³/mol. The maximum absolute atomic E-state index is 3.38. The average Bonchev–Trinajstić information content (AvgIpc) is 1.98. The van der Waals surface area contributed by atoms with Crippen LogP contribution in [0.2, 0.25) is 0 Å². The molecule has 0 aliphatic heterocycles. The van der Waals surface area contributed by atoms with E-state index in [1.54, 1.807) is 0 Å². The van der Waals surface area contributed by atoms with Gasteiger partial charge in [0.05, 0.1) is 0 Å². The second kappa shape index (κ2) is 6.81. The molecule has 1 nitrogen and oxygen atoms in total. The zero-order chi connectivity index (χ0) is 7.82. The van der Waals surface area contributed by atoms with Gasteiger partial charge in [-0.2, -0.15) is 0 Å². The van der Waals surface area contributed by atoms with E-state index in [0.29, 0.717) is 6.04 Å². The maximum atomic E-state index is 3.38. The van der Waals surface area contributed by atoms with E-state index < -0.39 is 0 Å². The van der Waals surface area contributed by atoms with Crippen molar-refractivity contribution < 1.29 is 0 Å². The summed E-state index contributed by atoms with van der Waals surface area (Å²) in [5.41, 5.74) is 0. The Morgan fingerprint density at radius 3 is 2.40 bits per heavy atom. The average molecular weight is 141 g/mol. The van der Waals surface area contributed by atoms with E-state index in [1.165, 1.54) is 6.42 Å². The summed E-state index contributed by atoms with van der Waals surface area (Å²) >= 11 is 0. The van der Waals surface area contributed by atoms with Crippen LogP contribution in [0, 0.1) is 0 Å². The molecule has 0 aliphatic rings. The first-order valence-corrected chi connectivity index (χ1v) is 4.25.